The first-order valence-electron chi connectivity index (χ1n) is 7.83. The maximum absolute atomic E-state index is 4.58. The van der Waals surface area contributed by atoms with Gasteiger partial charge >= 0.3 is 0 Å². The average Bonchev–Trinajstić information content (AvgIpc) is 3.23. The van der Waals surface area contributed by atoms with Gasteiger partial charge in [-0.1, -0.05) is 6.92 Å². The molecule has 1 aromatic heterocycles. The van der Waals surface area contributed by atoms with Gasteiger partial charge in [0.2, 0.25) is 5.13 Å². The molecule has 0 atom stereocenters. The molecule has 0 amide bonds. The lowest BCUT2D eigenvalue weighted by atomic mass is 10.3. The van der Waals surface area contributed by atoms with E-state index >= 15 is 0 Å². The van der Waals surface area contributed by atoms with E-state index in [9.17, 15) is 0 Å². The third kappa shape index (κ3) is 3.64. The Bertz CT molecular complexity index is 487. The van der Waals surface area contributed by atoms with Crippen LogP contribution in [0.2, 0.25) is 0 Å². The molecule has 0 bridgehead atoms. The lowest BCUT2D eigenvalue weighted by Crippen LogP contribution is -2.52. The van der Waals surface area contributed by atoms with Crippen LogP contribution in [0.5, 0.6) is 0 Å². The number of hydrogen-bond donors (Lipinski definition) is 1. The first-order chi connectivity index (χ1) is 10.3. The SMILES string of the molecule is CCc1nsc(N2CCN(C(=NC)NCC3CC3)CC2)n1. The molecule has 1 N–H and O–H groups in total. The van der Waals surface area contributed by atoms with Crippen LogP contribution in [0, 0.1) is 5.92 Å². The second kappa shape index (κ2) is 6.60. The largest absolute Gasteiger partial charge is 0.356 e. The minimum atomic E-state index is 0.872. The highest BCUT2D eigenvalue weighted by molar-refractivity contribution is 7.09. The van der Waals surface area contributed by atoms with Crippen molar-refractivity contribution in [3.05, 3.63) is 5.82 Å². The number of aryl methyl sites for hydroxylation is 1. The van der Waals surface area contributed by atoms with Crippen LogP contribution >= 0.6 is 11.5 Å². The standard InChI is InChI=1S/C14H24N6S/c1-3-12-17-14(21-18-12)20-8-6-19(7-9-20)13(15-2)16-10-11-4-5-11/h11H,3-10H2,1-2H3,(H,15,16). The Kier molecular flexibility index (Phi) is 4.57. The highest BCUT2D eigenvalue weighted by Crippen LogP contribution is 2.27. The summed E-state index contributed by atoms with van der Waals surface area (Å²) in [6.45, 7) is 7.13. The predicted octanol–water partition coefficient (Wildman–Crippen LogP) is 1.21. The summed E-state index contributed by atoms with van der Waals surface area (Å²) in [6.07, 6.45) is 3.65. The Morgan fingerprint density at radius 3 is 2.67 bits per heavy atom. The number of nitrogens with zero attached hydrogens (tertiary/aromatic N) is 5. The van der Waals surface area contributed by atoms with E-state index < -0.39 is 0 Å². The van der Waals surface area contributed by atoms with Gasteiger partial charge < -0.3 is 15.1 Å². The molecule has 1 saturated heterocycles. The first-order valence-corrected chi connectivity index (χ1v) is 8.60. The van der Waals surface area contributed by atoms with Crippen LogP contribution in [-0.2, 0) is 6.42 Å². The zero-order valence-electron chi connectivity index (χ0n) is 12.9. The summed E-state index contributed by atoms with van der Waals surface area (Å²) in [4.78, 5) is 13.7. The highest BCUT2D eigenvalue weighted by atomic mass is 32.1. The van der Waals surface area contributed by atoms with E-state index in [1.807, 2.05) is 7.05 Å². The van der Waals surface area contributed by atoms with E-state index in [1.54, 1.807) is 0 Å². The molecule has 1 aliphatic heterocycles. The molecule has 1 saturated carbocycles. The minimum absolute atomic E-state index is 0.872. The fourth-order valence-corrected chi connectivity index (χ4v) is 3.32. The molecule has 116 valence electrons. The lowest BCUT2D eigenvalue weighted by molar-refractivity contribution is 0.372. The van der Waals surface area contributed by atoms with Crippen LogP contribution in [0.1, 0.15) is 25.6 Å². The average molecular weight is 308 g/mol. The summed E-state index contributed by atoms with van der Waals surface area (Å²) < 4.78 is 4.38. The fraction of sp³-hybridized carbons (Fsp3) is 0.786. The van der Waals surface area contributed by atoms with Crippen molar-refractivity contribution in [3.8, 4) is 0 Å². The number of piperazine rings is 1. The van der Waals surface area contributed by atoms with Gasteiger partial charge in [0, 0.05) is 57.7 Å². The molecule has 6 nitrogen and oxygen atoms in total. The lowest BCUT2D eigenvalue weighted by Gasteiger charge is -2.36. The van der Waals surface area contributed by atoms with Gasteiger partial charge in [0.25, 0.3) is 0 Å². The van der Waals surface area contributed by atoms with Crippen LogP contribution in [0.4, 0.5) is 5.13 Å². The minimum Gasteiger partial charge on any atom is -0.356 e. The van der Waals surface area contributed by atoms with Gasteiger partial charge in [-0.25, -0.2) is 4.98 Å². The van der Waals surface area contributed by atoms with Crippen LogP contribution in [0.3, 0.4) is 0 Å². The Hall–Kier alpha value is -1.37. The number of aromatic nitrogens is 2. The molecule has 0 radical (unpaired) electrons. The molecule has 2 aliphatic rings. The van der Waals surface area contributed by atoms with Gasteiger partial charge in [-0.3, -0.25) is 4.99 Å². The van der Waals surface area contributed by atoms with E-state index in [-0.39, 0.29) is 0 Å². The number of aliphatic imine (C=N–C) groups is 1. The van der Waals surface area contributed by atoms with E-state index in [4.69, 9.17) is 0 Å². The normalized spacial score (nSPS) is 20.0. The van der Waals surface area contributed by atoms with Gasteiger partial charge in [-0.2, -0.15) is 4.37 Å². The summed E-state index contributed by atoms with van der Waals surface area (Å²) >= 11 is 1.52. The first kappa shape index (κ1) is 14.6. The molecule has 0 spiro atoms. The third-order valence-corrected chi connectivity index (χ3v) is 4.90. The van der Waals surface area contributed by atoms with E-state index in [0.717, 1.165) is 62.0 Å². The van der Waals surface area contributed by atoms with Crippen LogP contribution in [0.15, 0.2) is 4.99 Å². The summed E-state index contributed by atoms with van der Waals surface area (Å²) in [5, 5.41) is 4.56. The van der Waals surface area contributed by atoms with Crippen molar-refractivity contribution >= 4 is 22.6 Å². The number of guanidine groups is 1. The van der Waals surface area contributed by atoms with Crippen molar-refractivity contribution in [2.24, 2.45) is 10.9 Å². The quantitative estimate of drug-likeness (QED) is 0.669. The maximum Gasteiger partial charge on any atom is 0.205 e. The van der Waals surface area contributed by atoms with Crippen molar-refractivity contribution in [1.82, 2.24) is 19.6 Å². The van der Waals surface area contributed by atoms with Crippen molar-refractivity contribution in [1.29, 1.82) is 0 Å². The summed E-state index contributed by atoms with van der Waals surface area (Å²) in [5.41, 5.74) is 0. The monoisotopic (exact) mass is 308 g/mol. The van der Waals surface area contributed by atoms with Crippen LogP contribution in [-0.4, -0.2) is 60.0 Å². The number of anilines is 1. The zero-order valence-corrected chi connectivity index (χ0v) is 13.7. The molecule has 2 heterocycles. The number of rotatable bonds is 4. The molecular weight excluding hydrogens is 284 g/mol. The molecule has 1 aromatic rings. The van der Waals surface area contributed by atoms with Crippen LogP contribution < -0.4 is 10.2 Å². The fourth-order valence-electron chi connectivity index (χ4n) is 2.52. The molecule has 7 heteroatoms. The van der Waals surface area contributed by atoms with Crippen molar-refractivity contribution < 1.29 is 0 Å². The van der Waals surface area contributed by atoms with Gasteiger partial charge in [0.05, 0.1) is 0 Å². The summed E-state index contributed by atoms with van der Waals surface area (Å²) in [5.74, 6) is 2.88. The Balaban J connectivity index is 1.51. The summed E-state index contributed by atoms with van der Waals surface area (Å²) in [6, 6.07) is 0. The molecular formula is C14H24N6S. The zero-order chi connectivity index (χ0) is 14.7. The highest BCUT2D eigenvalue weighted by Gasteiger charge is 2.25. The Labute approximate surface area is 130 Å². The number of nitrogens with one attached hydrogen (secondary N) is 1. The third-order valence-electron chi connectivity index (χ3n) is 4.08. The van der Waals surface area contributed by atoms with Crippen molar-refractivity contribution in [2.75, 3.05) is 44.7 Å². The van der Waals surface area contributed by atoms with Gasteiger partial charge in [0.1, 0.15) is 5.82 Å². The second-order valence-corrected chi connectivity index (χ2v) is 6.42. The predicted molar refractivity (Wildman–Crippen MR) is 87.2 cm³/mol. The van der Waals surface area contributed by atoms with E-state index in [0.29, 0.717) is 0 Å². The van der Waals surface area contributed by atoms with Gasteiger partial charge in [0.15, 0.2) is 5.96 Å². The van der Waals surface area contributed by atoms with Crippen molar-refractivity contribution in [3.63, 3.8) is 0 Å². The molecule has 0 aromatic carbocycles. The Morgan fingerprint density at radius 2 is 2.10 bits per heavy atom. The molecule has 1 aliphatic carbocycles. The second-order valence-electron chi connectivity index (χ2n) is 5.69. The van der Waals surface area contributed by atoms with Crippen molar-refractivity contribution in [2.45, 2.75) is 26.2 Å². The topological polar surface area (TPSA) is 56.7 Å². The van der Waals surface area contributed by atoms with Gasteiger partial charge in [-0.15, -0.1) is 0 Å². The van der Waals surface area contributed by atoms with E-state index in [1.165, 1.54) is 24.4 Å². The molecule has 3 rings (SSSR count). The number of hydrogen-bond acceptors (Lipinski definition) is 5. The molecule has 21 heavy (non-hydrogen) atoms. The van der Waals surface area contributed by atoms with Gasteiger partial charge in [-0.05, 0) is 18.8 Å². The smallest absolute Gasteiger partial charge is 0.205 e. The maximum atomic E-state index is 4.58. The molecule has 0 unspecified atom stereocenters. The van der Waals surface area contributed by atoms with Crippen LogP contribution in [0.25, 0.3) is 0 Å². The summed E-state index contributed by atoms with van der Waals surface area (Å²) in [7, 11) is 1.87. The Morgan fingerprint density at radius 1 is 1.33 bits per heavy atom. The van der Waals surface area contributed by atoms with E-state index in [2.05, 4.69) is 36.4 Å². The molecule has 2 fully saturated rings.